The molecule has 1 aromatic rings. The number of nitrogens with two attached hydrogens (primary N) is 1. The fraction of sp³-hybridized carbons (Fsp3) is 0.429. The lowest BCUT2D eigenvalue weighted by Gasteiger charge is -2.31. The van der Waals surface area contributed by atoms with E-state index in [0.717, 1.165) is 12.8 Å². The van der Waals surface area contributed by atoms with Crippen molar-refractivity contribution in [3.63, 3.8) is 0 Å². The Balaban J connectivity index is 1.96. The van der Waals surface area contributed by atoms with Crippen LogP contribution >= 0.6 is 0 Å². The number of rotatable bonds is 2. The van der Waals surface area contributed by atoms with Crippen LogP contribution in [0, 0.1) is 5.92 Å². The van der Waals surface area contributed by atoms with Crippen LogP contribution in [-0.2, 0) is 4.79 Å². The fourth-order valence-electron chi connectivity index (χ4n) is 2.36. The summed E-state index contributed by atoms with van der Waals surface area (Å²) in [5.74, 6) is 0.107. The lowest BCUT2D eigenvalue weighted by Crippen LogP contribution is -2.42. The van der Waals surface area contributed by atoms with Crippen molar-refractivity contribution < 1.29 is 9.59 Å². The van der Waals surface area contributed by atoms with Gasteiger partial charge in [-0.15, -0.1) is 0 Å². The van der Waals surface area contributed by atoms with Crippen molar-refractivity contribution in [1.82, 2.24) is 10.2 Å². The Morgan fingerprint density at radius 1 is 1.21 bits per heavy atom. The number of carbonyl (C=O) groups excluding carboxylic acids is 2. The number of nitrogens with zero attached hydrogens (tertiary/aromatic N) is 1. The quantitative estimate of drug-likeness (QED) is 0.776. The Bertz CT molecular complexity index is 462. The van der Waals surface area contributed by atoms with Crippen LogP contribution in [0.5, 0.6) is 0 Å². The largest absolute Gasteiger partial charge is 0.399 e. The van der Waals surface area contributed by atoms with E-state index in [1.165, 1.54) is 0 Å². The molecule has 2 amide bonds. The van der Waals surface area contributed by atoms with Gasteiger partial charge in [-0.2, -0.15) is 0 Å². The van der Waals surface area contributed by atoms with Gasteiger partial charge in [0, 0.05) is 37.3 Å². The minimum Gasteiger partial charge on any atom is -0.399 e. The molecule has 19 heavy (non-hydrogen) atoms. The Morgan fingerprint density at radius 3 is 2.32 bits per heavy atom. The van der Waals surface area contributed by atoms with Crippen molar-refractivity contribution in [1.29, 1.82) is 0 Å². The molecule has 0 unspecified atom stereocenters. The first kappa shape index (κ1) is 13.4. The topological polar surface area (TPSA) is 75.4 Å². The molecule has 1 heterocycles. The number of benzene rings is 1. The number of hydrogen-bond acceptors (Lipinski definition) is 3. The Morgan fingerprint density at radius 2 is 1.79 bits per heavy atom. The molecule has 0 spiro atoms. The van der Waals surface area contributed by atoms with Crippen molar-refractivity contribution >= 4 is 17.5 Å². The molecule has 0 aliphatic carbocycles. The standard InChI is InChI=1S/C14H19N3O2/c1-16-13(18)10-6-8-17(9-7-10)14(19)11-2-4-12(15)5-3-11/h2-5,10H,6-9,15H2,1H3,(H,16,18). The van der Waals surface area contributed by atoms with E-state index < -0.39 is 0 Å². The molecule has 1 saturated heterocycles. The molecule has 1 aliphatic heterocycles. The second kappa shape index (κ2) is 5.73. The van der Waals surface area contributed by atoms with Crippen molar-refractivity contribution in [3.8, 4) is 0 Å². The molecule has 3 N–H and O–H groups in total. The summed E-state index contributed by atoms with van der Waals surface area (Å²) >= 11 is 0. The molecule has 1 aliphatic rings. The molecule has 0 atom stereocenters. The van der Waals surface area contributed by atoms with Crippen molar-refractivity contribution in [3.05, 3.63) is 29.8 Å². The molecule has 102 valence electrons. The maximum Gasteiger partial charge on any atom is 0.253 e. The number of anilines is 1. The highest BCUT2D eigenvalue weighted by Gasteiger charge is 2.27. The summed E-state index contributed by atoms with van der Waals surface area (Å²) in [5, 5.41) is 2.66. The van der Waals surface area contributed by atoms with Crippen LogP contribution in [-0.4, -0.2) is 36.9 Å². The summed E-state index contributed by atoms with van der Waals surface area (Å²) in [5.41, 5.74) is 6.90. The van der Waals surface area contributed by atoms with E-state index in [0.29, 0.717) is 24.3 Å². The van der Waals surface area contributed by atoms with Crippen LogP contribution in [0.25, 0.3) is 0 Å². The summed E-state index contributed by atoms with van der Waals surface area (Å²) in [6.45, 7) is 1.25. The van der Waals surface area contributed by atoms with Crippen LogP contribution in [0.4, 0.5) is 5.69 Å². The predicted molar refractivity (Wildman–Crippen MR) is 73.5 cm³/mol. The van der Waals surface area contributed by atoms with Crippen LogP contribution < -0.4 is 11.1 Å². The van der Waals surface area contributed by atoms with E-state index >= 15 is 0 Å². The lowest BCUT2D eigenvalue weighted by molar-refractivity contribution is -0.125. The predicted octanol–water partition coefficient (Wildman–Crippen LogP) is 0.867. The third-order valence-corrected chi connectivity index (χ3v) is 3.56. The van der Waals surface area contributed by atoms with Crippen LogP contribution in [0.2, 0.25) is 0 Å². The molecule has 1 aromatic carbocycles. The van der Waals surface area contributed by atoms with Gasteiger partial charge in [0.25, 0.3) is 5.91 Å². The minimum atomic E-state index is 0.00959. The molecule has 5 heteroatoms. The first-order chi connectivity index (χ1) is 9.11. The molecule has 0 radical (unpaired) electrons. The molecule has 2 rings (SSSR count). The fourth-order valence-corrected chi connectivity index (χ4v) is 2.36. The lowest BCUT2D eigenvalue weighted by atomic mass is 9.95. The van der Waals surface area contributed by atoms with Gasteiger partial charge >= 0.3 is 0 Å². The summed E-state index contributed by atoms with van der Waals surface area (Å²) in [7, 11) is 1.65. The van der Waals surface area contributed by atoms with Crippen LogP contribution in [0.1, 0.15) is 23.2 Å². The van der Waals surface area contributed by atoms with Gasteiger partial charge in [-0.25, -0.2) is 0 Å². The zero-order valence-corrected chi connectivity index (χ0v) is 11.1. The van der Waals surface area contributed by atoms with Gasteiger partial charge in [0.2, 0.25) is 5.91 Å². The van der Waals surface area contributed by atoms with Gasteiger partial charge in [0.15, 0.2) is 0 Å². The average molecular weight is 261 g/mol. The number of hydrogen-bond donors (Lipinski definition) is 2. The minimum absolute atomic E-state index is 0.00959. The smallest absolute Gasteiger partial charge is 0.253 e. The van der Waals surface area contributed by atoms with Crippen LogP contribution in [0.15, 0.2) is 24.3 Å². The first-order valence-electron chi connectivity index (χ1n) is 6.48. The highest BCUT2D eigenvalue weighted by molar-refractivity contribution is 5.94. The monoisotopic (exact) mass is 261 g/mol. The normalized spacial score (nSPS) is 16.2. The van der Waals surface area contributed by atoms with E-state index in [2.05, 4.69) is 5.32 Å². The van der Waals surface area contributed by atoms with Gasteiger partial charge in [-0.3, -0.25) is 9.59 Å². The maximum atomic E-state index is 12.2. The van der Waals surface area contributed by atoms with Gasteiger partial charge in [0.05, 0.1) is 0 Å². The Kier molecular flexibility index (Phi) is 4.04. The molecular formula is C14H19N3O2. The Hall–Kier alpha value is -2.04. The zero-order valence-electron chi connectivity index (χ0n) is 11.1. The molecule has 0 saturated carbocycles. The number of likely N-dealkylation sites (tertiary alicyclic amines) is 1. The van der Waals surface area contributed by atoms with Crippen LogP contribution in [0.3, 0.4) is 0 Å². The molecule has 5 nitrogen and oxygen atoms in total. The SMILES string of the molecule is CNC(=O)C1CCN(C(=O)c2ccc(N)cc2)CC1. The molecule has 0 aromatic heterocycles. The number of nitrogen functional groups attached to an aromatic ring is 1. The average Bonchev–Trinajstić information content (AvgIpc) is 2.46. The van der Waals surface area contributed by atoms with Gasteiger partial charge < -0.3 is 16.0 Å². The highest BCUT2D eigenvalue weighted by Crippen LogP contribution is 2.19. The van der Waals surface area contributed by atoms with E-state index in [-0.39, 0.29) is 17.7 Å². The number of piperidine rings is 1. The number of nitrogens with one attached hydrogen (secondary N) is 1. The van der Waals surface area contributed by atoms with Gasteiger partial charge in [0.1, 0.15) is 0 Å². The molecule has 0 bridgehead atoms. The number of carbonyl (C=O) groups is 2. The van der Waals surface area contributed by atoms with Crippen molar-refractivity contribution in [2.75, 3.05) is 25.9 Å². The zero-order chi connectivity index (χ0) is 13.8. The van der Waals surface area contributed by atoms with E-state index in [1.807, 2.05) is 0 Å². The summed E-state index contributed by atoms with van der Waals surface area (Å²) in [6, 6.07) is 6.93. The number of amides is 2. The van der Waals surface area contributed by atoms with E-state index in [1.54, 1.807) is 36.2 Å². The van der Waals surface area contributed by atoms with Gasteiger partial charge in [-0.1, -0.05) is 0 Å². The molecular weight excluding hydrogens is 242 g/mol. The second-order valence-electron chi connectivity index (χ2n) is 4.80. The van der Waals surface area contributed by atoms with Gasteiger partial charge in [-0.05, 0) is 37.1 Å². The van der Waals surface area contributed by atoms with Crippen molar-refractivity contribution in [2.45, 2.75) is 12.8 Å². The first-order valence-corrected chi connectivity index (χ1v) is 6.48. The summed E-state index contributed by atoms with van der Waals surface area (Å²) in [4.78, 5) is 25.6. The summed E-state index contributed by atoms with van der Waals surface area (Å²) in [6.07, 6.45) is 1.45. The summed E-state index contributed by atoms with van der Waals surface area (Å²) < 4.78 is 0. The highest BCUT2D eigenvalue weighted by atomic mass is 16.2. The van der Waals surface area contributed by atoms with Crippen molar-refractivity contribution in [2.24, 2.45) is 5.92 Å². The maximum absolute atomic E-state index is 12.2. The van der Waals surface area contributed by atoms with E-state index in [4.69, 9.17) is 5.73 Å². The Labute approximate surface area is 112 Å². The third kappa shape index (κ3) is 3.05. The van der Waals surface area contributed by atoms with E-state index in [9.17, 15) is 9.59 Å². The molecule has 1 fully saturated rings. The second-order valence-corrected chi connectivity index (χ2v) is 4.80. The third-order valence-electron chi connectivity index (χ3n) is 3.56.